The first-order valence-corrected chi connectivity index (χ1v) is 8.13. The van der Waals surface area contributed by atoms with Gasteiger partial charge in [-0.05, 0) is 50.2 Å². The molecule has 22 heavy (non-hydrogen) atoms. The molecule has 3 N–H and O–H groups in total. The summed E-state index contributed by atoms with van der Waals surface area (Å²) in [6, 6.07) is 8.38. The summed E-state index contributed by atoms with van der Waals surface area (Å²) in [5.41, 5.74) is 3.25. The van der Waals surface area contributed by atoms with Crippen LogP contribution in [0.4, 0.5) is 0 Å². The van der Waals surface area contributed by atoms with Crippen LogP contribution in [0.5, 0.6) is 0 Å². The number of benzene rings is 1. The zero-order valence-electron chi connectivity index (χ0n) is 13.1. The Morgan fingerprint density at radius 1 is 1.27 bits per heavy atom. The van der Waals surface area contributed by atoms with Gasteiger partial charge in [0.1, 0.15) is 0 Å². The van der Waals surface area contributed by atoms with Crippen molar-refractivity contribution in [3.8, 4) is 0 Å². The molecule has 1 amide bonds. The predicted molar refractivity (Wildman–Crippen MR) is 87.7 cm³/mol. The molecule has 1 saturated carbocycles. The molecule has 0 atom stereocenters. The highest BCUT2D eigenvalue weighted by Gasteiger charge is 2.22. The van der Waals surface area contributed by atoms with Gasteiger partial charge in [0.25, 0.3) is 0 Å². The van der Waals surface area contributed by atoms with Crippen LogP contribution in [-0.2, 0) is 11.2 Å². The van der Waals surface area contributed by atoms with Crippen molar-refractivity contribution < 1.29 is 9.90 Å². The first-order valence-electron chi connectivity index (χ1n) is 8.13. The number of aromatic amines is 1. The van der Waals surface area contributed by atoms with Gasteiger partial charge in [-0.2, -0.15) is 0 Å². The van der Waals surface area contributed by atoms with Crippen LogP contribution in [0.3, 0.4) is 0 Å². The van der Waals surface area contributed by atoms with Gasteiger partial charge in [-0.25, -0.2) is 0 Å². The van der Waals surface area contributed by atoms with Gasteiger partial charge in [-0.3, -0.25) is 4.79 Å². The number of aryl methyl sites for hydroxylation is 1. The van der Waals surface area contributed by atoms with Crippen LogP contribution in [-0.4, -0.2) is 28.6 Å². The fourth-order valence-electron chi connectivity index (χ4n) is 3.49. The average Bonchev–Trinajstić information content (AvgIpc) is 2.84. The van der Waals surface area contributed by atoms with Gasteiger partial charge < -0.3 is 15.4 Å². The van der Waals surface area contributed by atoms with Crippen molar-refractivity contribution >= 4 is 16.8 Å². The van der Waals surface area contributed by atoms with Gasteiger partial charge in [-0.1, -0.05) is 18.2 Å². The molecule has 0 radical (unpaired) electrons. The Kier molecular flexibility index (Phi) is 4.48. The molecule has 1 aromatic carbocycles. The van der Waals surface area contributed by atoms with Crippen molar-refractivity contribution in [2.24, 2.45) is 5.92 Å². The molecule has 0 saturated heterocycles. The Hall–Kier alpha value is -1.81. The minimum absolute atomic E-state index is 0.0975. The maximum atomic E-state index is 12.4. The number of aliphatic hydroxyl groups is 1. The molecule has 1 aromatic heterocycles. The summed E-state index contributed by atoms with van der Waals surface area (Å²) in [7, 11) is 0. The summed E-state index contributed by atoms with van der Waals surface area (Å²) in [5.74, 6) is 0.518. The second-order valence-corrected chi connectivity index (χ2v) is 6.42. The maximum Gasteiger partial charge on any atom is 0.224 e. The van der Waals surface area contributed by atoms with Gasteiger partial charge in [0.2, 0.25) is 5.91 Å². The van der Waals surface area contributed by atoms with E-state index in [0.29, 0.717) is 12.3 Å². The number of rotatable bonds is 4. The lowest BCUT2D eigenvalue weighted by Gasteiger charge is -2.28. The quantitative estimate of drug-likeness (QED) is 0.813. The number of para-hydroxylation sites is 1. The third kappa shape index (κ3) is 3.17. The van der Waals surface area contributed by atoms with Crippen LogP contribution >= 0.6 is 0 Å². The number of aromatic nitrogens is 1. The van der Waals surface area contributed by atoms with Crippen molar-refractivity contribution in [3.05, 3.63) is 35.5 Å². The lowest BCUT2D eigenvalue weighted by molar-refractivity contribution is -0.121. The summed E-state index contributed by atoms with van der Waals surface area (Å²) in [6.07, 6.45) is 4.39. The molecule has 1 aliphatic rings. The zero-order valence-corrected chi connectivity index (χ0v) is 13.1. The summed E-state index contributed by atoms with van der Waals surface area (Å²) in [5, 5.41) is 13.5. The zero-order chi connectivity index (χ0) is 15.5. The molecular weight excluding hydrogens is 276 g/mol. The number of carbonyl (C=O) groups excluding carboxylic acids is 1. The topological polar surface area (TPSA) is 65.1 Å². The van der Waals surface area contributed by atoms with Crippen molar-refractivity contribution in [1.29, 1.82) is 0 Å². The lowest BCUT2D eigenvalue weighted by Crippen LogP contribution is -2.38. The minimum Gasteiger partial charge on any atom is -0.396 e. The minimum atomic E-state index is 0.0975. The third-order valence-electron chi connectivity index (χ3n) is 4.83. The second-order valence-electron chi connectivity index (χ2n) is 6.42. The summed E-state index contributed by atoms with van der Waals surface area (Å²) < 4.78 is 0. The van der Waals surface area contributed by atoms with Crippen molar-refractivity contribution in [1.82, 2.24) is 10.3 Å². The standard InChI is InChI=1S/C18H24N2O2/c1-12-16(15-4-2-3-5-17(15)19-12)10-18(22)20-14-8-6-13(11-21)7-9-14/h2-5,13-14,19,21H,6-11H2,1H3,(H,20,22). The number of hydrogen-bond donors (Lipinski definition) is 3. The van der Waals surface area contributed by atoms with E-state index in [1.807, 2.05) is 25.1 Å². The van der Waals surface area contributed by atoms with Crippen LogP contribution in [0, 0.1) is 12.8 Å². The molecule has 2 aromatic rings. The van der Waals surface area contributed by atoms with Crippen LogP contribution in [0.25, 0.3) is 10.9 Å². The number of nitrogens with one attached hydrogen (secondary N) is 2. The Morgan fingerprint density at radius 3 is 2.73 bits per heavy atom. The molecule has 4 heteroatoms. The Labute approximate surface area is 130 Å². The van der Waals surface area contributed by atoms with Crippen molar-refractivity contribution in [3.63, 3.8) is 0 Å². The second kappa shape index (κ2) is 6.53. The van der Waals surface area contributed by atoms with E-state index in [4.69, 9.17) is 0 Å². The predicted octanol–water partition coefficient (Wildman–Crippen LogP) is 2.69. The molecule has 1 aliphatic carbocycles. The molecule has 3 rings (SSSR count). The number of fused-ring (bicyclic) bond motifs is 1. The van der Waals surface area contributed by atoms with Crippen molar-refractivity contribution in [2.45, 2.75) is 45.1 Å². The first-order chi connectivity index (χ1) is 10.7. The average molecular weight is 300 g/mol. The van der Waals surface area contributed by atoms with E-state index in [1.165, 1.54) is 0 Å². The van der Waals surface area contributed by atoms with Crippen LogP contribution in [0.1, 0.15) is 36.9 Å². The third-order valence-corrected chi connectivity index (χ3v) is 4.83. The van der Waals surface area contributed by atoms with E-state index in [-0.39, 0.29) is 18.6 Å². The lowest BCUT2D eigenvalue weighted by atomic mass is 9.86. The van der Waals surface area contributed by atoms with E-state index in [0.717, 1.165) is 47.8 Å². The molecule has 0 bridgehead atoms. The van der Waals surface area contributed by atoms with Gasteiger partial charge in [0, 0.05) is 29.2 Å². The van der Waals surface area contributed by atoms with E-state index >= 15 is 0 Å². The number of H-pyrrole nitrogens is 1. The van der Waals surface area contributed by atoms with E-state index in [9.17, 15) is 9.90 Å². The highest BCUT2D eigenvalue weighted by molar-refractivity contribution is 5.90. The monoisotopic (exact) mass is 300 g/mol. The molecule has 4 nitrogen and oxygen atoms in total. The molecule has 0 spiro atoms. The SMILES string of the molecule is Cc1[nH]c2ccccc2c1CC(=O)NC1CCC(CO)CC1. The Bertz CT molecular complexity index is 654. The summed E-state index contributed by atoms with van der Waals surface area (Å²) in [4.78, 5) is 15.7. The summed E-state index contributed by atoms with van der Waals surface area (Å²) >= 11 is 0. The van der Waals surface area contributed by atoms with E-state index in [1.54, 1.807) is 0 Å². The molecule has 0 unspecified atom stereocenters. The molecule has 0 aliphatic heterocycles. The van der Waals surface area contributed by atoms with Gasteiger partial charge in [0.15, 0.2) is 0 Å². The number of hydrogen-bond acceptors (Lipinski definition) is 2. The van der Waals surface area contributed by atoms with Crippen LogP contribution < -0.4 is 5.32 Å². The van der Waals surface area contributed by atoms with Gasteiger partial charge in [-0.15, -0.1) is 0 Å². The summed E-state index contributed by atoms with van der Waals surface area (Å²) in [6.45, 7) is 2.30. The number of aliphatic hydroxyl groups excluding tert-OH is 1. The number of amides is 1. The van der Waals surface area contributed by atoms with Crippen LogP contribution in [0.2, 0.25) is 0 Å². The van der Waals surface area contributed by atoms with E-state index < -0.39 is 0 Å². The van der Waals surface area contributed by atoms with Crippen molar-refractivity contribution in [2.75, 3.05) is 6.61 Å². The fraction of sp³-hybridized carbons (Fsp3) is 0.500. The van der Waals surface area contributed by atoms with E-state index in [2.05, 4.69) is 16.4 Å². The number of carbonyl (C=O) groups is 1. The van der Waals surface area contributed by atoms with Gasteiger partial charge in [0.05, 0.1) is 6.42 Å². The molecular formula is C18H24N2O2. The molecule has 1 heterocycles. The largest absolute Gasteiger partial charge is 0.396 e. The highest BCUT2D eigenvalue weighted by atomic mass is 16.3. The molecule has 1 fully saturated rings. The Balaban J connectivity index is 1.63. The smallest absolute Gasteiger partial charge is 0.224 e. The maximum absolute atomic E-state index is 12.4. The normalized spacial score (nSPS) is 21.9. The molecule has 118 valence electrons. The van der Waals surface area contributed by atoms with Gasteiger partial charge >= 0.3 is 0 Å². The first kappa shape index (κ1) is 15.1. The van der Waals surface area contributed by atoms with Crippen LogP contribution in [0.15, 0.2) is 24.3 Å². The fourth-order valence-corrected chi connectivity index (χ4v) is 3.49. The Morgan fingerprint density at radius 2 is 2.00 bits per heavy atom. The highest BCUT2D eigenvalue weighted by Crippen LogP contribution is 2.25.